The van der Waals surface area contributed by atoms with Gasteiger partial charge in [0.15, 0.2) is 0 Å². The van der Waals surface area contributed by atoms with Crippen LogP contribution in [0.5, 0.6) is 11.5 Å². The second kappa shape index (κ2) is 20.5. The number of fused-ring (bicyclic) bond motifs is 13. The fraction of sp³-hybridized carbons (Fsp3) is 0.143. The highest BCUT2D eigenvalue weighted by Gasteiger charge is 2.31. The summed E-state index contributed by atoms with van der Waals surface area (Å²) in [5.41, 5.74) is 19.3. The average Bonchev–Trinajstić information content (AvgIpc) is 1.59. The topological polar surface area (TPSA) is 40.8 Å². The Labute approximate surface area is 533 Å². The van der Waals surface area contributed by atoms with Gasteiger partial charge in [0, 0.05) is 33.8 Å². The second-order valence-electron chi connectivity index (χ2n) is 27.1. The summed E-state index contributed by atoms with van der Waals surface area (Å²) in [6.07, 6.45) is 6.00. The van der Waals surface area contributed by atoms with E-state index in [-0.39, 0.29) is 33.9 Å². The number of hydrogen-bond acceptors (Lipinski definition) is 2. The van der Waals surface area contributed by atoms with Gasteiger partial charge in [0.2, 0.25) is 0 Å². The number of aromatic nitrogens is 5. The van der Waals surface area contributed by atoms with Crippen LogP contribution in [0.2, 0.25) is 0 Å². The molecule has 6 heteroatoms. The third-order valence-electron chi connectivity index (χ3n) is 18.2. The fourth-order valence-electron chi connectivity index (χ4n) is 13.7. The predicted octanol–water partition coefficient (Wildman–Crippen LogP) is 21.6. The van der Waals surface area contributed by atoms with Crippen LogP contribution in [0, 0.1) is 6.33 Å². The van der Waals surface area contributed by atoms with Crippen molar-refractivity contribution in [2.75, 3.05) is 0 Å². The van der Waals surface area contributed by atoms with Crippen molar-refractivity contribution in [3.05, 3.63) is 278 Å². The van der Waals surface area contributed by atoms with Crippen LogP contribution in [-0.2, 0) is 16.2 Å². The summed E-state index contributed by atoms with van der Waals surface area (Å²) in [6.45, 7) is 20.3. The maximum absolute atomic E-state index is 9.56. The summed E-state index contributed by atoms with van der Waals surface area (Å²) in [4.78, 5) is 4.97. The highest BCUT2D eigenvalue weighted by molar-refractivity contribution is 6.12. The lowest BCUT2D eigenvalue weighted by Crippen LogP contribution is -2.32. The lowest BCUT2D eigenvalue weighted by molar-refractivity contribution is -0.571. The zero-order valence-electron chi connectivity index (χ0n) is 57.0. The standard InChI is InChI=1S/C84H69N5O/c1-82(2,3)56-42-43-85-78(49-56)89-74-38-20-17-31-66(74)67-41-40-61(51-76(67)89)90-60-27-21-26-59(50-60)86-52-87-80-70(35-23-39-75(80)88-72-36-18-15-29-64(72)65-30-16-19-37-73(65)88)69-34-22-33-62(53-24-11-10-12-25-53)79(69)68-32-14-13-28-63(68)71-46-55(47-77(86)81(71)87)54-44-57(83(4,5)6)48-58(45-54)84(7,8)9/h10-51H,1-9H3/i10D,11D,12D,24D,25D. The second-order valence-corrected chi connectivity index (χ2v) is 27.1. The first-order chi connectivity index (χ1) is 45.6. The molecule has 5 heterocycles. The molecule has 11 aromatic carbocycles. The predicted molar refractivity (Wildman–Crippen MR) is 373 cm³/mol. The van der Waals surface area contributed by atoms with Gasteiger partial charge in [0.1, 0.15) is 17.3 Å². The molecule has 436 valence electrons. The summed E-state index contributed by atoms with van der Waals surface area (Å²) in [7, 11) is 0. The van der Waals surface area contributed by atoms with Crippen molar-refractivity contribution in [3.8, 4) is 90.0 Å². The maximum Gasteiger partial charge on any atom is 0.269 e. The van der Waals surface area contributed by atoms with E-state index in [4.69, 9.17) is 13.8 Å². The number of nitrogens with zero attached hydrogens (tertiary/aromatic N) is 5. The van der Waals surface area contributed by atoms with E-state index < -0.39 is 18.1 Å². The van der Waals surface area contributed by atoms with Crippen molar-refractivity contribution in [2.45, 2.75) is 78.6 Å². The van der Waals surface area contributed by atoms with Gasteiger partial charge in [-0.05, 0) is 161 Å². The van der Waals surface area contributed by atoms with E-state index in [0.29, 0.717) is 17.1 Å². The lowest BCUT2D eigenvalue weighted by atomic mass is 9.78. The first kappa shape index (κ1) is 49.4. The van der Waals surface area contributed by atoms with Crippen molar-refractivity contribution < 1.29 is 16.2 Å². The molecule has 4 aromatic heterocycles. The molecule has 0 atom stereocenters. The molecule has 0 radical (unpaired) electrons. The third-order valence-corrected chi connectivity index (χ3v) is 18.2. The van der Waals surface area contributed by atoms with Crippen LogP contribution in [0.4, 0.5) is 0 Å². The first-order valence-corrected chi connectivity index (χ1v) is 31.0. The Morgan fingerprint density at radius 3 is 1.67 bits per heavy atom. The molecule has 0 amide bonds. The molecule has 6 nitrogen and oxygen atoms in total. The minimum Gasteiger partial charge on any atom is -0.458 e. The van der Waals surface area contributed by atoms with Gasteiger partial charge < -0.3 is 9.30 Å². The zero-order chi connectivity index (χ0) is 65.7. The molecule has 1 aliphatic rings. The van der Waals surface area contributed by atoms with E-state index in [2.05, 4.69) is 275 Å². The van der Waals surface area contributed by atoms with Crippen LogP contribution in [0.1, 0.15) is 85.9 Å². The van der Waals surface area contributed by atoms with Crippen LogP contribution in [0.3, 0.4) is 0 Å². The largest absolute Gasteiger partial charge is 0.458 e. The smallest absolute Gasteiger partial charge is 0.269 e. The lowest BCUT2D eigenvalue weighted by Gasteiger charge is -2.26. The minimum atomic E-state index is -0.442. The molecule has 0 saturated carbocycles. The highest BCUT2D eigenvalue weighted by Crippen LogP contribution is 2.50. The van der Waals surface area contributed by atoms with Gasteiger partial charge in [-0.3, -0.25) is 13.7 Å². The molecule has 15 aromatic rings. The minimum absolute atomic E-state index is 0.0818. The third kappa shape index (κ3) is 8.98. The van der Waals surface area contributed by atoms with E-state index >= 15 is 0 Å². The number of imidazole rings is 1. The number of para-hydroxylation sites is 4. The molecule has 1 aliphatic heterocycles. The van der Waals surface area contributed by atoms with Crippen LogP contribution in [0.15, 0.2) is 255 Å². The Balaban J connectivity index is 1.01. The zero-order valence-corrected chi connectivity index (χ0v) is 52.0. The van der Waals surface area contributed by atoms with Gasteiger partial charge in [0.05, 0.1) is 57.0 Å². The Kier molecular flexibility index (Phi) is 11.3. The number of ether oxygens (including phenoxy) is 1. The van der Waals surface area contributed by atoms with E-state index in [1.54, 1.807) is 0 Å². The Bertz CT molecular complexity index is 5620. The molecule has 0 spiro atoms. The van der Waals surface area contributed by atoms with Crippen LogP contribution in [-0.4, -0.2) is 18.7 Å². The summed E-state index contributed by atoms with van der Waals surface area (Å²) < 4.78 is 62.0. The van der Waals surface area contributed by atoms with Gasteiger partial charge in [-0.1, -0.05) is 232 Å². The Hall–Kier alpha value is -10.6. The van der Waals surface area contributed by atoms with Crippen LogP contribution < -0.4 is 9.30 Å². The van der Waals surface area contributed by atoms with E-state index in [1.165, 1.54) is 16.7 Å². The van der Waals surface area contributed by atoms with E-state index in [9.17, 15) is 2.74 Å². The quantitative estimate of drug-likeness (QED) is 0.118. The number of benzene rings is 11. The van der Waals surface area contributed by atoms with Gasteiger partial charge in [-0.2, -0.15) is 0 Å². The highest BCUT2D eigenvalue weighted by atomic mass is 16.5. The van der Waals surface area contributed by atoms with Crippen molar-refractivity contribution in [1.29, 1.82) is 0 Å². The van der Waals surface area contributed by atoms with Gasteiger partial charge >= 0.3 is 0 Å². The average molecular weight is 1170 g/mol. The number of rotatable bonds is 7. The molecule has 0 aliphatic carbocycles. The van der Waals surface area contributed by atoms with Gasteiger partial charge in [-0.15, -0.1) is 0 Å². The van der Waals surface area contributed by atoms with Crippen molar-refractivity contribution >= 4 is 54.6 Å². The van der Waals surface area contributed by atoms with Crippen molar-refractivity contribution in [1.82, 2.24) is 18.7 Å². The summed E-state index contributed by atoms with van der Waals surface area (Å²) in [5, 5.41) is 4.44. The molecule has 16 rings (SSSR count). The summed E-state index contributed by atoms with van der Waals surface area (Å²) in [6, 6.07) is 75.2. The summed E-state index contributed by atoms with van der Waals surface area (Å²) in [5.74, 6) is 2.15. The molecule has 0 N–H and O–H groups in total. The molecule has 0 unspecified atom stereocenters. The van der Waals surface area contributed by atoms with Crippen molar-refractivity contribution in [3.63, 3.8) is 0 Å². The summed E-state index contributed by atoms with van der Waals surface area (Å²) >= 11 is 0. The molecule has 0 saturated heterocycles. The number of hydrogen-bond donors (Lipinski definition) is 0. The normalized spacial score (nSPS) is 13.3. The van der Waals surface area contributed by atoms with E-state index in [0.717, 1.165) is 122 Å². The monoisotopic (exact) mass is 1170 g/mol. The van der Waals surface area contributed by atoms with Gasteiger partial charge in [-0.25, -0.2) is 4.98 Å². The Morgan fingerprint density at radius 2 is 0.978 bits per heavy atom. The molecular weight excluding hydrogens is 1090 g/mol. The Morgan fingerprint density at radius 1 is 0.411 bits per heavy atom. The molecule has 90 heavy (non-hydrogen) atoms. The number of pyridine rings is 1. The van der Waals surface area contributed by atoms with E-state index in [1.807, 2.05) is 36.5 Å². The maximum atomic E-state index is 9.56. The first-order valence-electron chi connectivity index (χ1n) is 33.5. The van der Waals surface area contributed by atoms with Crippen LogP contribution in [0.25, 0.3) is 133 Å². The molecular formula is C84H69N5O. The SMILES string of the molecule is [2H]c1c([2H])c([2H])c(-c2cccc3c2-c2ccccc2-c2cc(-c4cc(C(C)(C)C)cc(C(C)(C)C)c4)cc4c2[n+]([c-]n4-c2cccc(Oc4ccc5c6ccccc6n(-c6cc(C(C)(C)C)ccn6)c5c4)c2)-c2c-3cccc2-n2c3ccccc3c3ccccc32)c([2H])c1[2H]. The van der Waals surface area contributed by atoms with Crippen molar-refractivity contribution in [2.24, 2.45) is 0 Å². The molecule has 0 bridgehead atoms. The molecule has 0 fully saturated rings. The van der Waals surface area contributed by atoms with Gasteiger partial charge in [0.25, 0.3) is 6.33 Å². The van der Waals surface area contributed by atoms with Crippen LogP contribution >= 0.6 is 0 Å². The fourth-order valence-corrected chi connectivity index (χ4v) is 13.7.